The van der Waals surface area contributed by atoms with Crippen molar-refractivity contribution < 1.29 is 9.50 Å². The Morgan fingerprint density at radius 2 is 1.85 bits per heavy atom. The van der Waals surface area contributed by atoms with E-state index in [0.29, 0.717) is 17.4 Å². The average Bonchev–Trinajstić information content (AvgIpc) is 2.69. The topological polar surface area (TPSA) is 56.6 Å². The minimum absolute atomic E-state index is 0.213. The number of guanidine groups is 1. The Hall–Kier alpha value is -2.08. The molecule has 3 rings (SSSR count). The summed E-state index contributed by atoms with van der Waals surface area (Å²) in [6, 6.07) is 11.7. The number of nitrogens with one attached hydrogen (secondary N) is 2. The normalized spacial score (nSPS) is 15.6. The summed E-state index contributed by atoms with van der Waals surface area (Å²) in [6.07, 6.45) is 6.37. The summed E-state index contributed by atoms with van der Waals surface area (Å²) in [5.74, 6) is 1.21. The number of aliphatic imine (C=N–C) groups is 1. The Kier molecular flexibility index (Phi) is 7.10. The second kappa shape index (κ2) is 9.74. The molecular formula is C21H25BrFN3O. The molecule has 0 heterocycles. The number of halogens is 2. The van der Waals surface area contributed by atoms with Gasteiger partial charge >= 0.3 is 0 Å². The first-order chi connectivity index (χ1) is 13.1. The van der Waals surface area contributed by atoms with Crippen LogP contribution >= 0.6 is 15.9 Å². The molecule has 1 aliphatic carbocycles. The summed E-state index contributed by atoms with van der Waals surface area (Å²) in [4.78, 5) is 4.57. The van der Waals surface area contributed by atoms with Gasteiger partial charge in [-0.2, -0.15) is 0 Å². The molecule has 1 aliphatic rings. The van der Waals surface area contributed by atoms with E-state index in [2.05, 4.69) is 31.6 Å². The minimum Gasteiger partial charge on any atom is -0.508 e. The molecule has 0 unspecified atom stereocenters. The van der Waals surface area contributed by atoms with E-state index >= 15 is 0 Å². The summed E-state index contributed by atoms with van der Waals surface area (Å²) < 4.78 is 14.8. The third-order valence-electron chi connectivity index (χ3n) is 4.83. The van der Waals surface area contributed by atoms with Crippen molar-refractivity contribution in [2.45, 2.75) is 38.6 Å². The zero-order chi connectivity index (χ0) is 19.1. The van der Waals surface area contributed by atoms with Crippen molar-refractivity contribution in [1.29, 1.82) is 0 Å². The summed E-state index contributed by atoms with van der Waals surface area (Å²) >= 11 is 3.38. The predicted octanol–water partition coefficient (Wildman–Crippen LogP) is 5.43. The zero-order valence-corrected chi connectivity index (χ0v) is 16.8. The minimum atomic E-state index is -0.266. The van der Waals surface area contributed by atoms with Crippen LogP contribution in [-0.4, -0.2) is 17.6 Å². The fraction of sp³-hybridized carbons (Fsp3) is 0.381. The molecule has 1 saturated carbocycles. The second-order valence-corrected chi connectivity index (χ2v) is 7.87. The maximum absolute atomic E-state index is 14.0. The number of phenols is 1. The number of benzene rings is 2. The van der Waals surface area contributed by atoms with E-state index in [1.54, 1.807) is 36.4 Å². The van der Waals surface area contributed by atoms with Crippen molar-refractivity contribution in [2.24, 2.45) is 10.9 Å². The summed E-state index contributed by atoms with van der Waals surface area (Å²) in [6.45, 7) is 1.09. The van der Waals surface area contributed by atoms with Gasteiger partial charge in [-0.15, -0.1) is 0 Å². The SMILES string of the molecule is Oc1ccc(NC(=NCc2cc(Br)ccc2F)NCC2CCCCC2)cc1. The summed E-state index contributed by atoms with van der Waals surface area (Å²) in [5, 5.41) is 16.1. The van der Waals surface area contributed by atoms with Crippen molar-refractivity contribution in [1.82, 2.24) is 5.32 Å². The van der Waals surface area contributed by atoms with E-state index in [9.17, 15) is 9.50 Å². The lowest BCUT2D eigenvalue weighted by Gasteiger charge is -2.23. The molecule has 2 aromatic carbocycles. The third-order valence-corrected chi connectivity index (χ3v) is 5.32. The van der Waals surface area contributed by atoms with Crippen LogP contribution in [-0.2, 0) is 6.54 Å². The number of anilines is 1. The van der Waals surface area contributed by atoms with Crippen LogP contribution in [0.1, 0.15) is 37.7 Å². The standard InChI is InChI=1S/C21H25BrFN3O/c22-17-6-11-20(23)16(12-17)14-25-21(24-13-15-4-2-1-3-5-15)26-18-7-9-19(27)10-8-18/h6-12,15,27H,1-5,13-14H2,(H2,24,25,26). The fourth-order valence-corrected chi connectivity index (χ4v) is 3.69. The van der Waals surface area contributed by atoms with Crippen molar-refractivity contribution in [3.05, 3.63) is 58.3 Å². The van der Waals surface area contributed by atoms with Crippen LogP contribution in [0.3, 0.4) is 0 Å². The van der Waals surface area contributed by atoms with Gasteiger partial charge in [-0.3, -0.25) is 0 Å². The van der Waals surface area contributed by atoms with Gasteiger partial charge in [-0.25, -0.2) is 9.38 Å². The first kappa shape index (κ1) is 19.7. The Morgan fingerprint density at radius 1 is 1.11 bits per heavy atom. The molecule has 144 valence electrons. The highest BCUT2D eigenvalue weighted by Gasteiger charge is 2.14. The van der Waals surface area contributed by atoms with Gasteiger partial charge in [0.1, 0.15) is 11.6 Å². The Labute approximate surface area is 168 Å². The fourth-order valence-electron chi connectivity index (χ4n) is 3.28. The highest BCUT2D eigenvalue weighted by atomic mass is 79.9. The van der Waals surface area contributed by atoms with Crippen LogP contribution in [0.5, 0.6) is 5.75 Å². The molecule has 27 heavy (non-hydrogen) atoms. The van der Waals surface area contributed by atoms with Crippen LogP contribution in [0.2, 0.25) is 0 Å². The van der Waals surface area contributed by atoms with Gasteiger partial charge in [0.15, 0.2) is 5.96 Å². The summed E-state index contributed by atoms with van der Waals surface area (Å²) in [7, 11) is 0. The molecule has 0 saturated heterocycles. The van der Waals surface area contributed by atoms with Gasteiger partial charge in [0.05, 0.1) is 6.54 Å². The van der Waals surface area contributed by atoms with Crippen LogP contribution in [0.4, 0.5) is 10.1 Å². The molecule has 1 fully saturated rings. The molecular weight excluding hydrogens is 409 g/mol. The average molecular weight is 434 g/mol. The highest BCUT2D eigenvalue weighted by Crippen LogP contribution is 2.23. The molecule has 4 nitrogen and oxygen atoms in total. The molecule has 0 aliphatic heterocycles. The Balaban J connectivity index is 1.70. The van der Waals surface area contributed by atoms with Crippen molar-refractivity contribution in [3.63, 3.8) is 0 Å². The largest absolute Gasteiger partial charge is 0.508 e. The van der Waals surface area contributed by atoms with Crippen molar-refractivity contribution in [3.8, 4) is 5.75 Å². The van der Waals surface area contributed by atoms with Gasteiger partial charge in [0, 0.05) is 22.3 Å². The van der Waals surface area contributed by atoms with Crippen LogP contribution in [0, 0.1) is 11.7 Å². The maximum Gasteiger partial charge on any atom is 0.196 e. The highest BCUT2D eigenvalue weighted by molar-refractivity contribution is 9.10. The van der Waals surface area contributed by atoms with Gasteiger partial charge in [-0.1, -0.05) is 35.2 Å². The Bertz CT molecular complexity index is 773. The number of phenolic OH excluding ortho intramolecular Hbond substituents is 1. The number of rotatable bonds is 5. The number of hydrogen-bond donors (Lipinski definition) is 3. The lowest BCUT2D eigenvalue weighted by molar-refractivity contribution is 0.356. The first-order valence-corrected chi connectivity index (χ1v) is 10.2. The van der Waals surface area contributed by atoms with Crippen molar-refractivity contribution >= 4 is 27.6 Å². The predicted molar refractivity (Wildman–Crippen MR) is 112 cm³/mol. The van der Waals surface area contributed by atoms with E-state index in [4.69, 9.17) is 0 Å². The first-order valence-electron chi connectivity index (χ1n) is 9.38. The van der Waals surface area contributed by atoms with Gasteiger partial charge < -0.3 is 15.7 Å². The molecule has 0 aromatic heterocycles. The molecule has 0 bridgehead atoms. The number of hydrogen-bond acceptors (Lipinski definition) is 2. The third kappa shape index (κ3) is 6.24. The van der Waals surface area contributed by atoms with Gasteiger partial charge in [0.2, 0.25) is 0 Å². The monoisotopic (exact) mass is 433 g/mol. The van der Waals surface area contributed by atoms with E-state index in [-0.39, 0.29) is 18.1 Å². The van der Waals surface area contributed by atoms with Crippen LogP contribution in [0.15, 0.2) is 51.9 Å². The van der Waals surface area contributed by atoms with E-state index in [1.807, 2.05) is 0 Å². The molecule has 6 heteroatoms. The number of nitrogens with zero attached hydrogens (tertiary/aromatic N) is 1. The quantitative estimate of drug-likeness (QED) is 0.334. The summed E-state index contributed by atoms with van der Waals surface area (Å²) in [5.41, 5.74) is 1.35. The molecule has 0 amide bonds. The van der Waals surface area contributed by atoms with Gasteiger partial charge in [0.25, 0.3) is 0 Å². The molecule has 0 atom stereocenters. The smallest absolute Gasteiger partial charge is 0.196 e. The van der Waals surface area contributed by atoms with E-state index in [0.717, 1.165) is 16.7 Å². The second-order valence-electron chi connectivity index (χ2n) is 6.96. The van der Waals surface area contributed by atoms with Crippen molar-refractivity contribution in [2.75, 3.05) is 11.9 Å². The molecule has 0 spiro atoms. The van der Waals surface area contributed by atoms with Gasteiger partial charge in [-0.05, 0) is 61.2 Å². The Morgan fingerprint density at radius 3 is 2.59 bits per heavy atom. The zero-order valence-electron chi connectivity index (χ0n) is 15.2. The lowest BCUT2D eigenvalue weighted by Crippen LogP contribution is -2.35. The van der Waals surface area contributed by atoms with E-state index < -0.39 is 0 Å². The molecule has 3 N–H and O–H groups in total. The lowest BCUT2D eigenvalue weighted by atomic mass is 9.89. The molecule has 0 radical (unpaired) electrons. The van der Waals surface area contributed by atoms with E-state index in [1.165, 1.54) is 38.2 Å². The maximum atomic E-state index is 14.0. The van der Waals surface area contributed by atoms with Crippen LogP contribution < -0.4 is 10.6 Å². The molecule has 2 aromatic rings. The number of aromatic hydroxyl groups is 1. The van der Waals surface area contributed by atoms with Crippen LogP contribution in [0.25, 0.3) is 0 Å².